The minimum Gasteiger partial charge on any atom is -0.259 e. The molecule has 0 bridgehead atoms. The molecular weight excluding hydrogens is 196 g/mol. The molecule has 2 nitrogen and oxygen atoms in total. The van der Waals surface area contributed by atoms with Crippen molar-refractivity contribution in [2.75, 3.05) is 0 Å². The quantitative estimate of drug-likeness (QED) is 0.758. The summed E-state index contributed by atoms with van der Waals surface area (Å²) < 4.78 is 0. The molecule has 2 heterocycles. The Hall–Kier alpha value is -1.44. The maximum atomic E-state index is 4.44. The van der Waals surface area contributed by atoms with Gasteiger partial charge in [0.1, 0.15) is 0 Å². The molecule has 0 aliphatic heterocycles. The molecule has 16 heavy (non-hydrogen) atoms. The summed E-state index contributed by atoms with van der Waals surface area (Å²) in [5.41, 5.74) is 3.40. The summed E-state index contributed by atoms with van der Waals surface area (Å²) >= 11 is 0. The average Bonchev–Trinajstić information content (AvgIpc) is 2.27. The molecule has 0 N–H and O–H groups in total. The zero-order valence-electron chi connectivity index (χ0n) is 10.4. The van der Waals surface area contributed by atoms with Crippen LogP contribution in [0.2, 0.25) is 0 Å². The summed E-state index contributed by atoms with van der Waals surface area (Å²) in [6, 6.07) is 4.37. The SMILES string of the molecule is CC(C)c1cnc2cnc(C(C)C)cc2c1. The van der Waals surface area contributed by atoms with Gasteiger partial charge in [-0.1, -0.05) is 27.7 Å². The smallest absolute Gasteiger partial charge is 0.0885 e. The molecule has 0 saturated heterocycles. The largest absolute Gasteiger partial charge is 0.259 e. The van der Waals surface area contributed by atoms with Gasteiger partial charge >= 0.3 is 0 Å². The second-order valence-electron chi connectivity index (χ2n) is 4.88. The van der Waals surface area contributed by atoms with Crippen LogP contribution in [-0.2, 0) is 0 Å². The van der Waals surface area contributed by atoms with Crippen molar-refractivity contribution in [3.63, 3.8) is 0 Å². The number of aromatic nitrogens is 2. The Morgan fingerprint density at radius 2 is 1.62 bits per heavy atom. The second kappa shape index (κ2) is 4.20. The lowest BCUT2D eigenvalue weighted by Gasteiger charge is -2.08. The lowest BCUT2D eigenvalue weighted by molar-refractivity contribution is 0.824. The maximum absolute atomic E-state index is 4.44. The van der Waals surface area contributed by atoms with E-state index in [1.807, 2.05) is 12.4 Å². The number of fused-ring (bicyclic) bond motifs is 1. The first-order valence-electron chi connectivity index (χ1n) is 5.83. The van der Waals surface area contributed by atoms with E-state index >= 15 is 0 Å². The molecule has 2 heteroatoms. The zero-order valence-corrected chi connectivity index (χ0v) is 10.4. The van der Waals surface area contributed by atoms with Gasteiger partial charge in [0.15, 0.2) is 0 Å². The van der Waals surface area contributed by atoms with Gasteiger partial charge in [-0.05, 0) is 29.5 Å². The molecule has 2 aromatic rings. The molecule has 2 aromatic heterocycles. The Morgan fingerprint density at radius 1 is 0.875 bits per heavy atom. The summed E-state index contributed by atoms with van der Waals surface area (Å²) in [6.45, 7) is 8.70. The van der Waals surface area contributed by atoms with E-state index in [9.17, 15) is 0 Å². The summed E-state index contributed by atoms with van der Waals surface area (Å²) in [6.07, 6.45) is 3.82. The highest BCUT2D eigenvalue weighted by Gasteiger charge is 2.05. The third-order valence-electron chi connectivity index (χ3n) is 2.87. The number of hydrogen-bond donors (Lipinski definition) is 0. The highest BCUT2D eigenvalue weighted by Crippen LogP contribution is 2.21. The summed E-state index contributed by atoms with van der Waals surface area (Å²) in [5, 5.41) is 1.20. The predicted octanol–water partition coefficient (Wildman–Crippen LogP) is 3.88. The molecule has 0 saturated carbocycles. The lowest BCUT2D eigenvalue weighted by Crippen LogP contribution is -1.95. The molecule has 0 fully saturated rings. The second-order valence-corrected chi connectivity index (χ2v) is 4.88. The van der Waals surface area contributed by atoms with Crippen LogP contribution in [0, 0.1) is 0 Å². The van der Waals surface area contributed by atoms with Gasteiger partial charge in [0.2, 0.25) is 0 Å². The molecule has 0 aliphatic rings. The van der Waals surface area contributed by atoms with E-state index in [2.05, 4.69) is 49.8 Å². The number of nitrogens with zero attached hydrogens (tertiary/aromatic N) is 2. The van der Waals surface area contributed by atoms with Crippen molar-refractivity contribution >= 4 is 10.9 Å². The van der Waals surface area contributed by atoms with Crippen molar-refractivity contribution in [3.05, 3.63) is 35.8 Å². The zero-order chi connectivity index (χ0) is 11.7. The first-order chi connectivity index (χ1) is 7.58. The monoisotopic (exact) mass is 214 g/mol. The van der Waals surface area contributed by atoms with Gasteiger partial charge in [0, 0.05) is 17.3 Å². The van der Waals surface area contributed by atoms with Crippen molar-refractivity contribution in [3.8, 4) is 0 Å². The Bertz CT molecular complexity index is 458. The molecule has 2 rings (SSSR count). The highest BCUT2D eigenvalue weighted by atomic mass is 14.7. The van der Waals surface area contributed by atoms with Gasteiger partial charge in [0.25, 0.3) is 0 Å². The van der Waals surface area contributed by atoms with Gasteiger partial charge in [-0.25, -0.2) is 0 Å². The average molecular weight is 214 g/mol. The van der Waals surface area contributed by atoms with Crippen LogP contribution in [-0.4, -0.2) is 9.97 Å². The Morgan fingerprint density at radius 3 is 2.25 bits per heavy atom. The van der Waals surface area contributed by atoms with E-state index < -0.39 is 0 Å². The van der Waals surface area contributed by atoms with E-state index in [-0.39, 0.29) is 0 Å². The molecule has 0 aliphatic carbocycles. The van der Waals surface area contributed by atoms with Crippen molar-refractivity contribution in [2.24, 2.45) is 0 Å². The van der Waals surface area contributed by atoms with Crippen LogP contribution in [0.15, 0.2) is 24.5 Å². The molecular formula is C14H18N2. The van der Waals surface area contributed by atoms with E-state index in [1.165, 1.54) is 10.9 Å². The summed E-state index contributed by atoms with van der Waals surface area (Å²) in [5.74, 6) is 0.986. The lowest BCUT2D eigenvalue weighted by atomic mass is 10.0. The Balaban J connectivity index is 2.56. The Kier molecular flexibility index (Phi) is 2.90. The van der Waals surface area contributed by atoms with E-state index in [1.54, 1.807) is 0 Å². The van der Waals surface area contributed by atoms with Crippen LogP contribution in [0.5, 0.6) is 0 Å². The molecule has 0 spiro atoms. The van der Waals surface area contributed by atoms with Crippen LogP contribution in [0.3, 0.4) is 0 Å². The van der Waals surface area contributed by atoms with Crippen LogP contribution < -0.4 is 0 Å². The van der Waals surface area contributed by atoms with E-state index in [0.29, 0.717) is 11.8 Å². The molecule has 84 valence electrons. The van der Waals surface area contributed by atoms with Gasteiger partial charge in [-0.3, -0.25) is 9.97 Å². The van der Waals surface area contributed by atoms with E-state index in [0.717, 1.165) is 11.2 Å². The first kappa shape index (κ1) is 11.1. The molecule has 0 radical (unpaired) electrons. The third kappa shape index (κ3) is 2.06. The topological polar surface area (TPSA) is 25.8 Å². The van der Waals surface area contributed by atoms with Crippen LogP contribution >= 0.6 is 0 Å². The van der Waals surface area contributed by atoms with Gasteiger partial charge in [0.05, 0.1) is 11.7 Å². The first-order valence-corrected chi connectivity index (χ1v) is 5.83. The molecule has 0 atom stereocenters. The van der Waals surface area contributed by atoms with Crippen molar-refractivity contribution in [1.29, 1.82) is 0 Å². The van der Waals surface area contributed by atoms with Crippen LogP contribution in [0.25, 0.3) is 10.9 Å². The van der Waals surface area contributed by atoms with Crippen LogP contribution in [0.4, 0.5) is 0 Å². The van der Waals surface area contributed by atoms with Crippen LogP contribution in [0.1, 0.15) is 50.8 Å². The van der Waals surface area contributed by atoms with Crippen molar-refractivity contribution in [2.45, 2.75) is 39.5 Å². The van der Waals surface area contributed by atoms with Gasteiger partial charge in [-0.15, -0.1) is 0 Å². The third-order valence-corrected chi connectivity index (χ3v) is 2.87. The maximum Gasteiger partial charge on any atom is 0.0885 e. The highest BCUT2D eigenvalue weighted by molar-refractivity contribution is 5.78. The molecule has 0 unspecified atom stereocenters. The van der Waals surface area contributed by atoms with Gasteiger partial charge in [-0.2, -0.15) is 0 Å². The fourth-order valence-corrected chi connectivity index (χ4v) is 1.70. The minimum atomic E-state index is 0.465. The summed E-state index contributed by atoms with van der Waals surface area (Å²) in [4.78, 5) is 8.86. The molecule has 0 amide bonds. The number of hydrogen-bond acceptors (Lipinski definition) is 2. The Labute approximate surface area is 96.7 Å². The fraction of sp³-hybridized carbons (Fsp3) is 0.429. The van der Waals surface area contributed by atoms with Gasteiger partial charge < -0.3 is 0 Å². The predicted molar refractivity (Wildman–Crippen MR) is 67.7 cm³/mol. The number of pyridine rings is 2. The van der Waals surface area contributed by atoms with Crippen molar-refractivity contribution < 1.29 is 0 Å². The van der Waals surface area contributed by atoms with Crippen molar-refractivity contribution in [1.82, 2.24) is 9.97 Å². The fourth-order valence-electron chi connectivity index (χ4n) is 1.70. The number of rotatable bonds is 2. The molecule has 0 aromatic carbocycles. The normalized spacial score (nSPS) is 11.6. The summed E-state index contributed by atoms with van der Waals surface area (Å²) in [7, 11) is 0. The minimum absolute atomic E-state index is 0.465. The standard InChI is InChI=1S/C14H18N2/c1-9(2)12-5-11-6-13(10(3)4)16-8-14(11)15-7-12/h5-10H,1-4H3. The van der Waals surface area contributed by atoms with E-state index in [4.69, 9.17) is 0 Å².